The summed E-state index contributed by atoms with van der Waals surface area (Å²) in [5, 5.41) is 4.00. The molecule has 0 radical (unpaired) electrons. The van der Waals surface area contributed by atoms with Crippen LogP contribution in [0.3, 0.4) is 0 Å². The van der Waals surface area contributed by atoms with E-state index in [9.17, 15) is 4.39 Å². The second kappa shape index (κ2) is 6.92. The van der Waals surface area contributed by atoms with Gasteiger partial charge in [-0.25, -0.2) is 4.39 Å². The fourth-order valence-corrected chi connectivity index (χ4v) is 2.63. The Morgan fingerprint density at radius 1 is 1.24 bits per heavy atom. The van der Waals surface area contributed by atoms with E-state index in [-0.39, 0.29) is 11.9 Å². The highest BCUT2D eigenvalue weighted by atomic mass is 35.5. The first-order valence-electron chi connectivity index (χ1n) is 6.89. The molecular formula is C17H19ClFNO. The normalized spacial score (nSPS) is 12.2. The molecule has 0 amide bonds. The van der Waals surface area contributed by atoms with E-state index in [0.29, 0.717) is 10.8 Å². The zero-order valence-corrected chi connectivity index (χ0v) is 13.2. The molecule has 21 heavy (non-hydrogen) atoms. The molecule has 2 rings (SSSR count). The van der Waals surface area contributed by atoms with Crippen LogP contribution in [0.4, 0.5) is 4.39 Å². The van der Waals surface area contributed by atoms with Gasteiger partial charge >= 0.3 is 0 Å². The van der Waals surface area contributed by atoms with E-state index in [0.717, 1.165) is 23.2 Å². The molecule has 0 saturated heterocycles. The number of nitrogens with one attached hydrogen (secondary N) is 1. The summed E-state index contributed by atoms with van der Waals surface area (Å²) in [5.74, 6) is 0.414. The summed E-state index contributed by atoms with van der Waals surface area (Å²) in [4.78, 5) is 0. The molecule has 1 N–H and O–H groups in total. The molecule has 0 aliphatic heterocycles. The Kier molecular flexibility index (Phi) is 5.21. The van der Waals surface area contributed by atoms with Gasteiger partial charge in [-0.1, -0.05) is 30.7 Å². The minimum Gasteiger partial charge on any atom is -0.495 e. The lowest BCUT2D eigenvalue weighted by molar-refractivity contribution is 0.414. The van der Waals surface area contributed by atoms with Crippen LogP contribution in [-0.2, 0) is 0 Å². The van der Waals surface area contributed by atoms with E-state index >= 15 is 0 Å². The Morgan fingerprint density at radius 2 is 2.00 bits per heavy atom. The van der Waals surface area contributed by atoms with E-state index in [2.05, 4.69) is 5.32 Å². The summed E-state index contributed by atoms with van der Waals surface area (Å²) >= 11 is 6.08. The lowest BCUT2D eigenvalue weighted by Gasteiger charge is -2.22. The van der Waals surface area contributed by atoms with Gasteiger partial charge in [-0.3, -0.25) is 0 Å². The van der Waals surface area contributed by atoms with Gasteiger partial charge < -0.3 is 10.1 Å². The van der Waals surface area contributed by atoms with Crippen LogP contribution >= 0.6 is 11.6 Å². The van der Waals surface area contributed by atoms with Crippen molar-refractivity contribution in [2.24, 2.45) is 0 Å². The molecule has 0 heterocycles. The zero-order chi connectivity index (χ0) is 15.4. The number of halogens is 2. The molecular weight excluding hydrogens is 289 g/mol. The molecule has 0 aromatic heterocycles. The third kappa shape index (κ3) is 3.55. The summed E-state index contributed by atoms with van der Waals surface area (Å²) in [6.45, 7) is 4.75. The summed E-state index contributed by atoms with van der Waals surface area (Å²) in [6, 6.07) is 10.5. The monoisotopic (exact) mass is 307 g/mol. The Morgan fingerprint density at radius 3 is 2.62 bits per heavy atom. The average Bonchev–Trinajstić information content (AvgIpc) is 2.46. The summed E-state index contributed by atoms with van der Waals surface area (Å²) in [6.07, 6.45) is 0. The lowest BCUT2D eigenvalue weighted by Crippen LogP contribution is -2.22. The molecule has 0 aliphatic rings. The second-order valence-corrected chi connectivity index (χ2v) is 5.29. The molecule has 1 atom stereocenters. The van der Waals surface area contributed by atoms with Gasteiger partial charge in [0.05, 0.1) is 18.2 Å². The fraction of sp³-hybridized carbons (Fsp3) is 0.294. The summed E-state index contributed by atoms with van der Waals surface area (Å²) < 4.78 is 18.6. The van der Waals surface area contributed by atoms with Crippen molar-refractivity contribution in [3.63, 3.8) is 0 Å². The van der Waals surface area contributed by atoms with Crippen LogP contribution in [0.15, 0.2) is 36.4 Å². The van der Waals surface area contributed by atoms with Gasteiger partial charge in [0.15, 0.2) is 0 Å². The van der Waals surface area contributed by atoms with E-state index in [1.807, 2.05) is 38.1 Å². The minimum atomic E-state index is -0.222. The van der Waals surface area contributed by atoms with Crippen LogP contribution in [0.25, 0.3) is 0 Å². The number of hydrogen-bond acceptors (Lipinski definition) is 2. The van der Waals surface area contributed by atoms with Crippen LogP contribution in [0.1, 0.15) is 29.7 Å². The van der Waals surface area contributed by atoms with Crippen LogP contribution in [0, 0.1) is 12.7 Å². The van der Waals surface area contributed by atoms with E-state index in [1.54, 1.807) is 13.2 Å². The number of ether oxygens (including phenoxy) is 1. The maximum Gasteiger partial charge on any atom is 0.137 e. The predicted molar refractivity (Wildman–Crippen MR) is 84.7 cm³/mol. The van der Waals surface area contributed by atoms with Gasteiger partial charge in [0.2, 0.25) is 0 Å². The lowest BCUT2D eigenvalue weighted by atomic mass is 9.94. The second-order valence-electron chi connectivity index (χ2n) is 4.89. The topological polar surface area (TPSA) is 21.3 Å². The smallest absolute Gasteiger partial charge is 0.137 e. The summed E-state index contributed by atoms with van der Waals surface area (Å²) in [5.41, 5.74) is 2.99. The Bertz CT molecular complexity index is 630. The van der Waals surface area contributed by atoms with Gasteiger partial charge in [0.1, 0.15) is 11.6 Å². The SMILES string of the molecule is CCNC(c1ccc(Cl)c(OC)c1)c1ccc(F)cc1C. The Labute approximate surface area is 129 Å². The number of methoxy groups -OCH3 is 1. The maximum atomic E-state index is 13.3. The van der Waals surface area contributed by atoms with Crippen molar-refractivity contribution in [2.45, 2.75) is 19.9 Å². The van der Waals surface area contributed by atoms with Crippen molar-refractivity contribution >= 4 is 11.6 Å². The van der Waals surface area contributed by atoms with Crippen LogP contribution in [0.2, 0.25) is 5.02 Å². The van der Waals surface area contributed by atoms with Crippen molar-refractivity contribution < 1.29 is 9.13 Å². The number of benzene rings is 2. The third-order valence-electron chi connectivity index (χ3n) is 3.46. The quantitative estimate of drug-likeness (QED) is 0.878. The van der Waals surface area contributed by atoms with E-state index < -0.39 is 0 Å². The Hall–Kier alpha value is -1.58. The van der Waals surface area contributed by atoms with Crippen molar-refractivity contribution in [3.8, 4) is 5.75 Å². The first-order chi connectivity index (χ1) is 10.1. The van der Waals surface area contributed by atoms with Crippen LogP contribution in [0.5, 0.6) is 5.75 Å². The summed E-state index contributed by atoms with van der Waals surface area (Å²) in [7, 11) is 1.59. The van der Waals surface area contributed by atoms with Gasteiger partial charge in [-0.15, -0.1) is 0 Å². The minimum absolute atomic E-state index is 0.0261. The molecule has 2 nitrogen and oxygen atoms in total. The van der Waals surface area contributed by atoms with Gasteiger partial charge in [-0.05, 0) is 54.4 Å². The highest BCUT2D eigenvalue weighted by Crippen LogP contribution is 2.31. The molecule has 0 spiro atoms. The molecule has 0 aliphatic carbocycles. The Balaban J connectivity index is 2.47. The van der Waals surface area contributed by atoms with Crippen molar-refractivity contribution in [1.29, 1.82) is 0 Å². The van der Waals surface area contributed by atoms with Crippen molar-refractivity contribution in [1.82, 2.24) is 5.32 Å². The molecule has 2 aromatic rings. The standard InChI is InChI=1S/C17H19ClFNO/c1-4-20-17(14-7-6-13(19)9-11(14)2)12-5-8-15(18)16(10-12)21-3/h5-10,17,20H,4H2,1-3H3. The molecule has 0 saturated carbocycles. The van der Waals surface area contributed by atoms with Crippen molar-refractivity contribution in [2.75, 3.05) is 13.7 Å². The molecule has 112 valence electrons. The first-order valence-corrected chi connectivity index (χ1v) is 7.27. The third-order valence-corrected chi connectivity index (χ3v) is 3.77. The molecule has 2 aromatic carbocycles. The number of aryl methyl sites for hydroxylation is 1. The molecule has 1 unspecified atom stereocenters. The average molecular weight is 308 g/mol. The maximum absolute atomic E-state index is 13.3. The van der Waals surface area contributed by atoms with E-state index in [1.165, 1.54) is 6.07 Å². The van der Waals surface area contributed by atoms with Crippen molar-refractivity contribution in [3.05, 3.63) is 63.9 Å². The van der Waals surface area contributed by atoms with E-state index in [4.69, 9.17) is 16.3 Å². The van der Waals surface area contributed by atoms with Gasteiger partial charge in [0, 0.05) is 0 Å². The largest absolute Gasteiger partial charge is 0.495 e. The van der Waals surface area contributed by atoms with Crippen LogP contribution in [-0.4, -0.2) is 13.7 Å². The highest BCUT2D eigenvalue weighted by molar-refractivity contribution is 6.32. The first kappa shape index (κ1) is 15.8. The van der Waals surface area contributed by atoms with Gasteiger partial charge in [0.25, 0.3) is 0 Å². The number of rotatable bonds is 5. The fourth-order valence-electron chi connectivity index (χ4n) is 2.43. The molecule has 0 fully saturated rings. The van der Waals surface area contributed by atoms with Gasteiger partial charge in [-0.2, -0.15) is 0 Å². The predicted octanol–water partition coefficient (Wildman–Crippen LogP) is 4.50. The molecule has 0 bridgehead atoms. The zero-order valence-electron chi connectivity index (χ0n) is 12.4. The highest BCUT2D eigenvalue weighted by Gasteiger charge is 2.17. The van der Waals surface area contributed by atoms with Crippen LogP contribution < -0.4 is 10.1 Å². The number of hydrogen-bond donors (Lipinski definition) is 1. The molecule has 4 heteroatoms.